The molecule has 1 aliphatic rings. The average molecular weight is 555 g/mol. The number of ether oxygens (including phenoxy) is 4. The number of alkyl halides is 2. The van der Waals surface area contributed by atoms with E-state index in [1.807, 2.05) is 6.07 Å². The fourth-order valence-corrected chi connectivity index (χ4v) is 4.14. The fourth-order valence-electron chi connectivity index (χ4n) is 4.14. The lowest BCUT2D eigenvalue weighted by atomic mass is 9.96. The molecule has 4 rings (SSSR count). The zero-order valence-corrected chi connectivity index (χ0v) is 21.9. The monoisotopic (exact) mass is 554 g/mol. The first-order valence-corrected chi connectivity index (χ1v) is 12.4. The maximum Gasteiger partial charge on any atom is 0.586 e. The van der Waals surface area contributed by atoms with Crippen LogP contribution < -0.4 is 24.4 Å². The average Bonchev–Trinajstić information content (AvgIpc) is 3.25. The van der Waals surface area contributed by atoms with Crippen LogP contribution in [0, 0.1) is 5.41 Å². The lowest BCUT2D eigenvalue weighted by molar-refractivity contribution is -0.286. The number of methoxy groups -OCH3 is 1. The van der Waals surface area contributed by atoms with Crippen LogP contribution in [0.15, 0.2) is 60.9 Å². The molecule has 2 amide bonds. The summed E-state index contributed by atoms with van der Waals surface area (Å²) in [5, 5.41) is 11.4. The highest BCUT2D eigenvalue weighted by molar-refractivity contribution is 6.12. The van der Waals surface area contributed by atoms with Gasteiger partial charge < -0.3 is 34.6 Å². The van der Waals surface area contributed by atoms with Gasteiger partial charge in [0, 0.05) is 49.9 Å². The highest BCUT2D eigenvalue weighted by Gasteiger charge is 2.43. The first-order valence-electron chi connectivity index (χ1n) is 12.4. The molecule has 0 saturated carbocycles. The molecule has 2 N–H and O–H groups in total. The van der Waals surface area contributed by atoms with Gasteiger partial charge in [-0.2, -0.15) is 0 Å². The lowest BCUT2D eigenvalue weighted by Crippen LogP contribution is -2.40. The molecule has 0 spiro atoms. The van der Waals surface area contributed by atoms with Gasteiger partial charge in [-0.15, -0.1) is 8.78 Å². The fraction of sp³-hybridized carbons (Fsp3) is 0.286. The van der Waals surface area contributed by atoms with Crippen molar-refractivity contribution in [2.24, 2.45) is 0 Å². The normalized spacial score (nSPS) is 13.0. The third kappa shape index (κ3) is 6.70. The van der Waals surface area contributed by atoms with Gasteiger partial charge in [0.1, 0.15) is 12.4 Å². The molecular formula is C28H28F2N4O6. The maximum atomic E-state index is 13.4. The molecule has 0 saturated heterocycles. The summed E-state index contributed by atoms with van der Waals surface area (Å²) in [4.78, 5) is 31.7. The largest absolute Gasteiger partial charge is 0.586 e. The van der Waals surface area contributed by atoms with Gasteiger partial charge >= 0.3 is 6.29 Å². The molecule has 1 aliphatic heterocycles. The summed E-state index contributed by atoms with van der Waals surface area (Å²) in [6, 6.07) is 12.4. The maximum absolute atomic E-state index is 13.4. The van der Waals surface area contributed by atoms with Crippen molar-refractivity contribution in [1.29, 1.82) is 5.41 Å². The number of nitrogens with one attached hydrogen (secondary N) is 2. The second-order valence-electron chi connectivity index (χ2n) is 8.66. The number of hydrogen-bond acceptors (Lipinski definition) is 8. The van der Waals surface area contributed by atoms with Gasteiger partial charge in [-0.1, -0.05) is 12.1 Å². The molecular weight excluding hydrogens is 526 g/mol. The molecule has 0 bridgehead atoms. The summed E-state index contributed by atoms with van der Waals surface area (Å²) < 4.78 is 46.5. The number of anilines is 1. The van der Waals surface area contributed by atoms with Crippen molar-refractivity contribution in [3.8, 4) is 17.2 Å². The summed E-state index contributed by atoms with van der Waals surface area (Å²) in [6.45, 7) is 2.04. The van der Waals surface area contributed by atoms with E-state index < -0.39 is 18.1 Å². The summed E-state index contributed by atoms with van der Waals surface area (Å²) in [5.74, 6) is -1.07. The van der Waals surface area contributed by atoms with E-state index in [0.29, 0.717) is 18.0 Å². The standard InChI is InChI=1S/C28H28F2N4O6/c1-3-34(19-9-10-22-24(15-19)40-28(29,30)39-22)25(35)17-33-27(36)20-7-4-8-23(38-13-12-37-2)26(20)21(31)14-18-6-5-11-32-16-18/h4-11,15-16,31H,3,12-14,17H2,1-2H3,(H,33,36). The second kappa shape index (κ2) is 12.5. The SMILES string of the molecule is CCN(C(=O)CNC(=O)c1cccc(OCCOC)c1C(=N)Cc1cccnc1)c1ccc2c(c1)OC(F)(F)O2. The van der Waals surface area contributed by atoms with E-state index >= 15 is 0 Å². The summed E-state index contributed by atoms with van der Waals surface area (Å²) in [7, 11) is 1.54. The zero-order chi connectivity index (χ0) is 28.7. The first-order chi connectivity index (χ1) is 19.2. The van der Waals surface area contributed by atoms with Crippen molar-refractivity contribution in [1.82, 2.24) is 10.3 Å². The van der Waals surface area contributed by atoms with E-state index in [9.17, 15) is 18.4 Å². The lowest BCUT2D eigenvalue weighted by Gasteiger charge is -2.22. The van der Waals surface area contributed by atoms with Crippen molar-refractivity contribution in [2.75, 3.05) is 38.3 Å². The zero-order valence-electron chi connectivity index (χ0n) is 21.9. The Morgan fingerprint density at radius 3 is 2.62 bits per heavy atom. The molecule has 12 heteroatoms. The number of nitrogens with zero attached hydrogens (tertiary/aromatic N) is 2. The van der Waals surface area contributed by atoms with Crippen LogP contribution in [-0.4, -0.2) is 62.2 Å². The Morgan fingerprint density at radius 2 is 1.90 bits per heavy atom. The van der Waals surface area contributed by atoms with Crippen LogP contribution in [0.3, 0.4) is 0 Å². The molecule has 40 heavy (non-hydrogen) atoms. The van der Waals surface area contributed by atoms with E-state index in [1.165, 1.54) is 30.2 Å². The minimum atomic E-state index is -3.78. The van der Waals surface area contributed by atoms with Gasteiger partial charge in [0.25, 0.3) is 5.91 Å². The third-order valence-electron chi connectivity index (χ3n) is 5.94. The van der Waals surface area contributed by atoms with E-state index in [0.717, 1.165) is 5.56 Å². The van der Waals surface area contributed by atoms with Crippen molar-refractivity contribution in [2.45, 2.75) is 19.6 Å². The number of fused-ring (bicyclic) bond motifs is 1. The van der Waals surface area contributed by atoms with E-state index in [2.05, 4.69) is 19.8 Å². The summed E-state index contributed by atoms with van der Waals surface area (Å²) in [6.07, 6.45) is -0.314. The Bertz CT molecular complexity index is 1390. The minimum absolute atomic E-state index is 0.129. The Kier molecular flexibility index (Phi) is 8.90. The smallest absolute Gasteiger partial charge is 0.490 e. The van der Waals surface area contributed by atoms with Crippen LogP contribution in [0.5, 0.6) is 17.2 Å². The molecule has 0 aliphatic carbocycles. The first kappa shape index (κ1) is 28.4. The van der Waals surface area contributed by atoms with Crippen LogP contribution >= 0.6 is 0 Å². The van der Waals surface area contributed by atoms with Crippen molar-refractivity contribution in [3.63, 3.8) is 0 Å². The number of aromatic nitrogens is 1. The highest BCUT2D eigenvalue weighted by atomic mass is 19.3. The van der Waals surface area contributed by atoms with E-state index in [-0.39, 0.29) is 54.5 Å². The number of carbonyl (C=O) groups excluding carboxylic acids is 2. The third-order valence-corrected chi connectivity index (χ3v) is 5.94. The number of likely N-dealkylation sites (N-methyl/N-ethyl adjacent to an activating group) is 1. The number of benzene rings is 2. The van der Waals surface area contributed by atoms with Crippen molar-refractivity contribution in [3.05, 3.63) is 77.6 Å². The van der Waals surface area contributed by atoms with Crippen LogP contribution in [0.25, 0.3) is 0 Å². The number of carbonyl (C=O) groups is 2. The molecule has 0 radical (unpaired) electrons. The van der Waals surface area contributed by atoms with Gasteiger partial charge in [-0.3, -0.25) is 14.6 Å². The predicted molar refractivity (Wildman–Crippen MR) is 142 cm³/mol. The number of hydrogen-bond donors (Lipinski definition) is 2. The second-order valence-corrected chi connectivity index (χ2v) is 8.66. The molecule has 2 heterocycles. The number of halogens is 2. The molecule has 1 aromatic heterocycles. The highest BCUT2D eigenvalue weighted by Crippen LogP contribution is 2.42. The Labute approximate surface area is 229 Å². The summed E-state index contributed by atoms with van der Waals surface area (Å²) in [5.41, 5.74) is 1.65. The number of rotatable bonds is 12. The Morgan fingerprint density at radius 1 is 1.10 bits per heavy atom. The predicted octanol–water partition coefficient (Wildman–Crippen LogP) is 3.82. The van der Waals surface area contributed by atoms with E-state index in [1.54, 1.807) is 43.6 Å². The molecule has 2 aromatic carbocycles. The van der Waals surface area contributed by atoms with Gasteiger partial charge in [-0.05, 0) is 42.8 Å². The van der Waals surface area contributed by atoms with Gasteiger partial charge in [0.2, 0.25) is 5.91 Å². The Balaban J connectivity index is 1.51. The van der Waals surface area contributed by atoms with Crippen LogP contribution in [-0.2, 0) is 16.0 Å². The molecule has 3 aromatic rings. The van der Waals surface area contributed by atoms with Gasteiger partial charge in [0.15, 0.2) is 11.5 Å². The van der Waals surface area contributed by atoms with Crippen LogP contribution in [0.1, 0.15) is 28.4 Å². The molecule has 210 valence electrons. The van der Waals surface area contributed by atoms with Crippen molar-refractivity contribution >= 4 is 23.2 Å². The van der Waals surface area contributed by atoms with Gasteiger partial charge in [0.05, 0.1) is 24.3 Å². The van der Waals surface area contributed by atoms with Crippen molar-refractivity contribution < 1.29 is 37.3 Å². The number of amides is 2. The minimum Gasteiger partial charge on any atom is -0.490 e. The molecule has 0 atom stereocenters. The topological polar surface area (TPSA) is 123 Å². The van der Waals surface area contributed by atoms with Gasteiger partial charge in [-0.25, -0.2) is 0 Å². The molecule has 0 fully saturated rings. The summed E-state index contributed by atoms with van der Waals surface area (Å²) >= 11 is 0. The Hall–Kier alpha value is -4.58. The quantitative estimate of drug-likeness (QED) is 0.258. The molecule has 0 unspecified atom stereocenters. The van der Waals surface area contributed by atoms with Crippen LogP contribution in [0.2, 0.25) is 0 Å². The molecule has 10 nitrogen and oxygen atoms in total. The number of pyridine rings is 1. The van der Waals surface area contributed by atoms with E-state index in [4.69, 9.17) is 14.9 Å². The van der Waals surface area contributed by atoms with Crippen LogP contribution in [0.4, 0.5) is 14.5 Å².